The Kier molecular flexibility index (Phi) is 3.91. The highest BCUT2D eigenvalue weighted by Crippen LogP contribution is 2.34. The lowest BCUT2D eigenvalue weighted by Gasteiger charge is -2.25. The van der Waals surface area contributed by atoms with E-state index in [1.807, 2.05) is 14.1 Å². The summed E-state index contributed by atoms with van der Waals surface area (Å²) < 4.78 is 39.5. The summed E-state index contributed by atoms with van der Waals surface area (Å²) in [5.41, 5.74) is 0.592. The number of alkyl halides is 3. The molecule has 3 rings (SSSR count). The maximum Gasteiger partial charge on any atom is 0.453 e. The molecule has 1 aliphatic rings. The number of halogens is 3. The van der Waals surface area contributed by atoms with E-state index in [1.165, 1.54) is 12.8 Å². The van der Waals surface area contributed by atoms with E-state index in [0.717, 1.165) is 4.52 Å². The van der Waals surface area contributed by atoms with Crippen LogP contribution in [-0.4, -0.2) is 51.2 Å². The lowest BCUT2D eigenvalue weighted by Crippen LogP contribution is -2.36. The third-order valence-electron chi connectivity index (χ3n) is 4.02. The average Bonchev–Trinajstić information content (AvgIpc) is 3.15. The molecule has 1 N–H and O–H groups in total. The second-order valence-electron chi connectivity index (χ2n) is 6.18. The number of aromatic nitrogens is 4. The highest BCUT2D eigenvalue weighted by Gasteiger charge is 2.37. The van der Waals surface area contributed by atoms with Crippen LogP contribution in [0, 0.1) is 12.8 Å². The van der Waals surface area contributed by atoms with Crippen LogP contribution in [0.1, 0.15) is 24.4 Å². The standard InChI is InChI=1S/C14H19F3N6/c1-8-6-11(18-7-10(22(2)3)9-4-5-9)23-13(19-8)20-12(21-23)14(15,16)17/h6,9-10,18H,4-5,7H2,1-3H3. The smallest absolute Gasteiger partial charge is 0.368 e. The van der Waals surface area contributed by atoms with Crippen molar-refractivity contribution in [3.63, 3.8) is 0 Å². The van der Waals surface area contributed by atoms with Gasteiger partial charge in [0.2, 0.25) is 0 Å². The minimum absolute atomic E-state index is 0.0485. The zero-order valence-corrected chi connectivity index (χ0v) is 13.2. The van der Waals surface area contributed by atoms with Crippen LogP contribution in [0.4, 0.5) is 19.0 Å². The molecule has 1 saturated carbocycles. The maximum absolute atomic E-state index is 12.8. The van der Waals surface area contributed by atoms with Gasteiger partial charge in [0.25, 0.3) is 11.6 Å². The summed E-state index contributed by atoms with van der Waals surface area (Å²) in [5.74, 6) is -0.113. The topological polar surface area (TPSA) is 58.4 Å². The van der Waals surface area contributed by atoms with Crippen molar-refractivity contribution in [2.24, 2.45) is 5.92 Å². The van der Waals surface area contributed by atoms with Gasteiger partial charge in [-0.1, -0.05) is 0 Å². The number of hydrogen-bond donors (Lipinski definition) is 1. The molecule has 1 unspecified atom stereocenters. The molecular weight excluding hydrogens is 309 g/mol. The number of anilines is 1. The summed E-state index contributed by atoms with van der Waals surface area (Å²) in [4.78, 5) is 9.64. The van der Waals surface area contributed by atoms with E-state index in [9.17, 15) is 13.2 Å². The molecule has 9 heteroatoms. The number of nitrogens with zero attached hydrogens (tertiary/aromatic N) is 5. The Balaban J connectivity index is 1.88. The highest BCUT2D eigenvalue weighted by molar-refractivity contribution is 5.45. The molecule has 2 aromatic rings. The Morgan fingerprint density at radius 2 is 2.04 bits per heavy atom. The van der Waals surface area contributed by atoms with Crippen LogP contribution in [0.5, 0.6) is 0 Å². The summed E-state index contributed by atoms with van der Waals surface area (Å²) in [5, 5.41) is 6.76. The van der Waals surface area contributed by atoms with E-state index >= 15 is 0 Å². The van der Waals surface area contributed by atoms with Gasteiger partial charge in [-0.05, 0) is 39.8 Å². The molecule has 0 bridgehead atoms. The van der Waals surface area contributed by atoms with Gasteiger partial charge in [-0.2, -0.15) is 22.7 Å². The molecule has 0 amide bonds. The predicted octanol–water partition coefficient (Wildman–Crippen LogP) is 2.20. The second-order valence-corrected chi connectivity index (χ2v) is 6.18. The van der Waals surface area contributed by atoms with Crippen LogP contribution in [0.25, 0.3) is 5.78 Å². The van der Waals surface area contributed by atoms with Crippen molar-refractivity contribution in [3.05, 3.63) is 17.6 Å². The van der Waals surface area contributed by atoms with Gasteiger partial charge in [0, 0.05) is 24.3 Å². The third kappa shape index (κ3) is 3.39. The van der Waals surface area contributed by atoms with Crippen molar-refractivity contribution in [2.45, 2.75) is 32.0 Å². The first-order valence-corrected chi connectivity index (χ1v) is 7.47. The first kappa shape index (κ1) is 16.0. The molecule has 1 atom stereocenters. The molecule has 1 fully saturated rings. The number of fused-ring (bicyclic) bond motifs is 1. The summed E-state index contributed by atoms with van der Waals surface area (Å²) in [6, 6.07) is 2.02. The number of nitrogens with one attached hydrogen (secondary N) is 1. The molecule has 2 heterocycles. The van der Waals surface area contributed by atoms with E-state index in [-0.39, 0.29) is 5.78 Å². The van der Waals surface area contributed by atoms with Gasteiger partial charge in [-0.25, -0.2) is 4.98 Å². The van der Waals surface area contributed by atoms with Gasteiger partial charge in [0.15, 0.2) is 0 Å². The number of hydrogen-bond acceptors (Lipinski definition) is 5. The molecule has 0 spiro atoms. The SMILES string of the molecule is Cc1cc(NCC(C2CC2)N(C)C)n2nc(C(F)(F)F)nc2n1. The molecule has 0 saturated heterocycles. The number of aryl methyl sites for hydroxylation is 1. The number of likely N-dealkylation sites (N-methyl/N-ethyl adjacent to an activating group) is 1. The van der Waals surface area contributed by atoms with E-state index in [1.54, 1.807) is 13.0 Å². The molecule has 0 aliphatic heterocycles. The van der Waals surface area contributed by atoms with Crippen LogP contribution in [0.2, 0.25) is 0 Å². The Morgan fingerprint density at radius 3 is 2.61 bits per heavy atom. The monoisotopic (exact) mass is 328 g/mol. The minimum Gasteiger partial charge on any atom is -0.368 e. The van der Waals surface area contributed by atoms with Gasteiger partial charge in [0.1, 0.15) is 5.82 Å². The fourth-order valence-corrected chi connectivity index (χ4v) is 2.69. The zero-order valence-electron chi connectivity index (χ0n) is 13.2. The molecule has 2 aromatic heterocycles. The van der Waals surface area contributed by atoms with Crippen LogP contribution in [0.3, 0.4) is 0 Å². The van der Waals surface area contributed by atoms with Crippen molar-refractivity contribution in [1.29, 1.82) is 0 Å². The fraction of sp³-hybridized carbons (Fsp3) is 0.643. The normalized spacial score (nSPS) is 17.0. The maximum atomic E-state index is 12.8. The molecule has 0 radical (unpaired) electrons. The average molecular weight is 328 g/mol. The van der Waals surface area contributed by atoms with Crippen molar-refractivity contribution < 1.29 is 13.2 Å². The highest BCUT2D eigenvalue weighted by atomic mass is 19.4. The fourth-order valence-electron chi connectivity index (χ4n) is 2.69. The van der Waals surface area contributed by atoms with Gasteiger partial charge < -0.3 is 10.2 Å². The predicted molar refractivity (Wildman–Crippen MR) is 79.2 cm³/mol. The van der Waals surface area contributed by atoms with Crippen LogP contribution < -0.4 is 5.32 Å². The van der Waals surface area contributed by atoms with E-state index in [0.29, 0.717) is 30.0 Å². The molecule has 23 heavy (non-hydrogen) atoms. The Hall–Kier alpha value is -1.90. The first-order chi connectivity index (χ1) is 10.8. The van der Waals surface area contributed by atoms with Crippen molar-refractivity contribution >= 4 is 11.6 Å². The Bertz CT molecular complexity index is 702. The van der Waals surface area contributed by atoms with E-state index in [2.05, 4.69) is 25.3 Å². The van der Waals surface area contributed by atoms with E-state index in [4.69, 9.17) is 0 Å². The van der Waals surface area contributed by atoms with Crippen molar-refractivity contribution in [1.82, 2.24) is 24.5 Å². The largest absolute Gasteiger partial charge is 0.453 e. The summed E-state index contributed by atoms with van der Waals surface area (Å²) >= 11 is 0. The summed E-state index contributed by atoms with van der Waals surface area (Å²) in [6.07, 6.45) is -2.20. The lowest BCUT2D eigenvalue weighted by atomic mass is 10.1. The third-order valence-corrected chi connectivity index (χ3v) is 4.02. The van der Waals surface area contributed by atoms with Gasteiger partial charge in [-0.15, -0.1) is 5.10 Å². The molecule has 1 aliphatic carbocycles. The molecular formula is C14H19F3N6. The zero-order chi connectivity index (χ0) is 16.8. The molecule has 0 aromatic carbocycles. The Morgan fingerprint density at radius 1 is 1.35 bits per heavy atom. The number of rotatable bonds is 5. The summed E-state index contributed by atoms with van der Waals surface area (Å²) in [6.45, 7) is 2.36. The minimum atomic E-state index is -4.58. The first-order valence-electron chi connectivity index (χ1n) is 7.47. The Labute approximate surface area is 131 Å². The quantitative estimate of drug-likeness (QED) is 0.912. The van der Waals surface area contributed by atoms with Gasteiger partial charge in [-0.3, -0.25) is 0 Å². The van der Waals surface area contributed by atoms with Crippen LogP contribution in [-0.2, 0) is 6.18 Å². The van der Waals surface area contributed by atoms with Crippen LogP contribution >= 0.6 is 0 Å². The van der Waals surface area contributed by atoms with Gasteiger partial charge >= 0.3 is 6.18 Å². The lowest BCUT2D eigenvalue weighted by molar-refractivity contribution is -0.144. The second kappa shape index (κ2) is 5.63. The summed E-state index contributed by atoms with van der Waals surface area (Å²) in [7, 11) is 4.02. The van der Waals surface area contributed by atoms with Crippen molar-refractivity contribution in [2.75, 3.05) is 26.0 Å². The van der Waals surface area contributed by atoms with Crippen LogP contribution in [0.15, 0.2) is 6.07 Å². The van der Waals surface area contributed by atoms with Crippen molar-refractivity contribution in [3.8, 4) is 0 Å². The van der Waals surface area contributed by atoms with Gasteiger partial charge in [0.05, 0.1) is 0 Å². The molecule has 126 valence electrons. The van der Waals surface area contributed by atoms with E-state index < -0.39 is 12.0 Å². The molecule has 6 nitrogen and oxygen atoms in total.